The number of nitrogens with one attached hydrogen (secondary N) is 2. The van der Waals surface area contributed by atoms with Crippen LogP contribution in [0.1, 0.15) is 44.6 Å². The average Bonchev–Trinajstić information content (AvgIpc) is 3.22. The number of carbonyl (C=O) groups excluding carboxylic acids is 2. The van der Waals surface area contributed by atoms with Crippen LogP contribution in [0.2, 0.25) is 0 Å². The van der Waals surface area contributed by atoms with Crippen molar-refractivity contribution >= 4 is 34.0 Å². The zero-order chi connectivity index (χ0) is 21.1. The molecule has 2 aliphatic heterocycles. The maximum absolute atomic E-state index is 12.8. The first-order valence-electron chi connectivity index (χ1n) is 10.7. The number of likely N-dealkylation sites (tertiary alicyclic amines) is 1. The van der Waals surface area contributed by atoms with Crippen LogP contribution >= 0.6 is 11.3 Å². The minimum Gasteiger partial charge on any atom is -0.491 e. The van der Waals surface area contributed by atoms with Crippen LogP contribution < -0.4 is 15.4 Å². The number of piperidine rings is 1. The van der Waals surface area contributed by atoms with Crippen molar-refractivity contribution in [2.75, 3.05) is 30.3 Å². The summed E-state index contributed by atoms with van der Waals surface area (Å²) in [6.45, 7) is 6.17. The van der Waals surface area contributed by atoms with Crippen LogP contribution in [0.5, 0.6) is 5.75 Å². The Bertz CT molecular complexity index is 897. The normalized spacial score (nSPS) is 21.8. The van der Waals surface area contributed by atoms with Crippen molar-refractivity contribution < 1.29 is 14.3 Å². The number of benzene rings is 1. The van der Waals surface area contributed by atoms with Crippen molar-refractivity contribution in [3.8, 4) is 5.75 Å². The molecule has 2 aliphatic rings. The van der Waals surface area contributed by atoms with Crippen LogP contribution in [0.3, 0.4) is 0 Å². The molecular formula is C23H29N3O3S. The van der Waals surface area contributed by atoms with E-state index in [0.717, 1.165) is 23.5 Å². The first-order valence-corrected chi connectivity index (χ1v) is 11.5. The van der Waals surface area contributed by atoms with E-state index in [1.165, 1.54) is 16.9 Å². The van der Waals surface area contributed by atoms with Gasteiger partial charge in [-0.05, 0) is 65.8 Å². The van der Waals surface area contributed by atoms with Gasteiger partial charge in [-0.1, -0.05) is 19.9 Å². The second-order valence-electron chi connectivity index (χ2n) is 8.46. The molecule has 0 saturated carbocycles. The highest BCUT2D eigenvalue weighted by atomic mass is 32.1. The van der Waals surface area contributed by atoms with Crippen LogP contribution in [0.15, 0.2) is 35.7 Å². The van der Waals surface area contributed by atoms with Crippen LogP contribution in [0.25, 0.3) is 0 Å². The average molecular weight is 428 g/mol. The summed E-state index contributed by atoms with van der Waals surface area (Å²) >= 11 is 1.51. The second-order valence-corrected chi connectivity index (χ2v) is 9.41. The van der Waals surface area contributed by atoms with Crippen molar-refractivity contribution in [3.63, 3.8) is 0 Å². The van der Waals surface area contributed by atoms with Crippen LogP contribution in [0, 0.1) is 11.8 Å². The summed E-state index contributed by atoms with van der Waals surface area (Å²) in [6.07, 6.45) is 2.14. The van der Waals surface area contributed by atoms with Crippen molar-refractivity contribution in [3.05, 3.63) is 41.3 Å². The predicted molar refractivity (Wildman–Crippen MR) is 120 cm³/mol. The molecule has 3 heterocycles. The van der Waals surface area contributed by atoms with Gasteiger partial charge in [0.05, 0.1) is 17.3 Å². The summed E-state index contributed by atoms with van der Waals surface area (Å²) in [4.78, 5) is 27.3. The molecule has 3 amide bonds. The lowest BCUT2D eigenvalue weighted by Gasteiger charge is -2.38. The van der Waals surface area contributed by atoms with Crippen LogP contribution in [0.4, 0.5) is 15.5 Å². The lowest BCUT2D eigenvalue weighted by atomic mass is 9.81. The van der Waals surface area contributed by atoms with E-state index in [0.29, 0.717) is 37.8 Å². The van der Waals surface area contributed by atoms with E-state index >= 15 is 0 Å². The molecule has 0 spiro atoms. The molecule has 0 radical (unpaired) electrons. The number of anilines is 2. The Hall–Kier alpha value is -2.54. The number of ether oxygens (including phenoxy) is 1. The molecule has 1 aromatic heterocycles. The fourth-order valence-electron chi connectivity index (χ4n) is 4.28. The summed E-state index contributed by atoms with van der Waals surface area (Å²) in [5.74, 6) is 1.63. The zero-order valence-corrected chi connectivity index (χ0v) is 18.3. The maximum atomic E-state index is 12.8. The van der Waals surface area contributed by atoms with E-state index < -0.39 is 0 Å². The third-order valence-electron chi connectivity index (χ3n) is 6.07. The molecule has 6 nitrogen and oxygen atoms in total. The molecule has 160 valence electrons. The van der Waals surface area contributed by atoms with Crippen molar-refractivity contribution in [1.82, 2.24) is 4.90 Å². The van der Waals surface area contributed by atoms with Gasteiger partial charge in [0.25, 0.3) is 0 Å². The topological polar surface area (TPSA) is 70.7 Å². The highest BCUT2D eigenvalue weighted by Gasteiger charge is 2.33. The van der Waals surface area contributed by atoms with E-state index in [-0.39, 0.29) is 23.8 Å². The summed E-state index contributed by atoms with van der Waals surface area (Å²) in [6, 6.07) is 9.79. The molecule has 2 N–H and O–H groups in total. The quantitative estimate of drug-likeness (QED) is 0.696. The van der Waals surface area contributed by atoms with E-state index in [1.807, 2.05) is 34.5 Å². The van der Waals surface area contributed by atoms with Gasteiger partial charge in [-0.2, -0.15) is 0 Å². The minimum absolute atomic E-state index is 0.0224. The number of hydrogen-bond acceptors (Lipinski definition) is 4. The molecule has 1 aromatic carbocycles. The van der Waals surface area contributed by atoms with Crippen molar-refractivity contribution in [2.24, 2.45) is 11.8 Å². The molecule has 30 heavy (non-hydrogen) atoms. The molecule has 2 aromatic rings. The number of nitrogens with zero attached hydrogens (tertiary/aromatic N) is 1. The lowest BCUT2D eigenvalue weighted by Crippen LogP contribution is -2.46. The summed E-state index contributed by atoms with van der Waals surface area (Å²) in [5.41, 5.74) is 1.94. The third-order valence-corrected chi connectivity index (χ3v) is 6.85. The van der Waals surface area contributed by atoms with Gasteiger partial charge in [0.15, 0.2) is 0 Å². The molecule has 0 bridgehead atoms. The molecule has 0 unspecified atom stereocenters. The Morgan fingerprint density at radius 1 is 1.27 bits per heavy atom. The number of urea groups is 1. The summed E-state index contributed by atoms with van der Waals surface area (Å²) < 4.78 is 6.04. The van der Waals surface area contributed by atoms with Gasteiger partial charge in [-0.25, -0.2) is 4.79 Å². The smallest absolute Gasteiger partial charge is 0.322 e. The summed E-state index contributed by atoms with van der Waals surface area (Å²) in [7, 11) is 0. The summed E-state index contributed by atoms with van der Waals surface area (Å²) in [5, 5.41) is 8.84. The highest BCUT2D eigenvalue weighted by molar-refractivity contribution is 7.14. The van der Waals surface area contributed by atoms with Gasteiger partial charge in [-0.3, -0.25) is 10.1 Å². The Morgan fingerprint density at radius 2 is 2.13 bits per heavy atom. The number of rotatable bonds is 2. The first-order chi connectivity index (χ1) is 14.5. The number of thiophene rings is 1. The Balaban J connectivity index is 1.45. The molecule has 2 atom stereocenters. The fourth-order valence-corrected chi connectivity index (χ4v) is 4.89. The number of amides is 3. The number of hydrogen-bond donors (Lipinski definition) is 2. The highest BCUT2D eigenvalue weighted by Crippen LogP contribution is 2.34. The maximum Gasteiger partial charge on any atom is 0.322 e. The monoisotopic (exact) mass is 427 g/mol. The molecule has 0 aliphatic carbocycles. The zero-order valence-electron chi connectivity index (χ0n) is 17.5. The number of fused-ring (bicyclic) bond motifs is 2. The van der Waals surface area contributed by atoms with Gasteiger partial charge in [0, 0.05) is 19.5 Å². The Morgan fingerprint density at radius 3 is 2.90 bits per heavy atom. The van der Waals surface area contributed by atoms with E-state index in [9.17, 15) is 9.59 Å². The van der Waals surface area contributed by atoms with Gasteiger partial charge in [0.2, 0.25) is 5.91 Å². The molecule has 7 heteroatoms. The number of carbonyl (C=O) groups is 2. The van der Waals surface area contributed by atoms with E-state index in [1.54, 1.807) is 0 Å². The third kappa shape index (κ3) is 4.78. The Kier molecular flexibility index (Phi) is 6.27. The van der Waals surface area contributed by atoms with Crippen LogP contribution in [-0.4, -0.2) is 36.5 Å². The SMILES string of the molecule is CC(C)c1ccc2c(c1)NC(=O)C[C@@H]1CCN(C(=O)Nc3cccs3)C[C@@H]1CCO2. The second kappa shape index (κ2) is 9.08. The van der Waals surface area contributed by atoms with Crippen LogP contribution in [-0.2, 0) is 4.79 Å². The largest absolute Gasteiger partial charge is 0.491 e. The van der Waals surface area contributed by atoms with Gasteiger partial charge < -0.3 is 15.0 Å². The fraction of sp³-hybridized carbons (Fsp3) is 0.478. The molecule has 4 rings (SSSR count). The molecular weight excluding hydrogens is 398 g/mol. The van der Waals surface area contributed by atoms with E-state index in [4.69, 9.17) is 4.74 Å². The standard InChI is InChI=1S/C23H29N3O3S/c1-15(2)16-5-6-20-19(12-16)24-21(27)13-17-7-9-26(14-18(17)8-10-29-20)23(28)25-22-4-3-11-30-22/h3-6,11-12,15,17-18H,7-10,13-14H2,1-2H3,(H,24,27)(H,25,28)/t17-,18-/m0/s1. The first kappa shape index (κ1) is 20.7. The Labute approximate surface area is 181 Å². The predicted octanol–water partition coefficient (Wildman–Crippen LogP) is 5.15. The van der Waals surface area contributed by atoms with Crippen molar-refractivity contribution in [1.29, 1.82) is 0 Å². The minimum atomic E-state index is -0.0649. The van der Waals surface area contributed by atoms with Gasteiger partial charge >= 0.3 is 6.03 Å². The van der Waals surface area contributed by atoms with Gasteiger partial charge in [-0.15, -0.1) is 11.3 Å². The molecule has 1 fully saturated rings. The van der Waals surface area contributed by atoms with Crippen molar-refractivity contribution in [2.45, 2.75) is 39.0 Å². The van der Waals surface area contributed by atoms with E-state index in [2.05, 4.69) is 30.5 Å². The lowest BCUT2D eigenvalue weighted by molar-refractivity contribution is -0.118. The molecule has 1 saturated heterocycles. The van der Waals surface area contributed by atoms with Gasteiger partial charge in [0.1, 0.15) is 5.75 Å².